The van der Waals surface area contributed by atoms with E-state index in [1.54, 1.807) is 31.2 Å². The number of hydrogen-bond acceptors (Lipinski definition) is 4. The highest BCUT2D eigenvalue weighted by Crippen LogP contribution is 2.22. The maximum Gasteiger partial charge on any atom is 0.374 e. The van der Waals surface area contributed by atoms with E-state index in [2.05, 4.69) is 15.9 Å². The Labute approximate surface area is 157 Å². The fraction of sp³-hybridized carbons (Fsp3) is 0.158. The van der Waals surface area contributed by atoms with E-state index < -0.39 is 12.6 Å². The maximum absolute atomic E-state index is 13.1. The smallest absolute Gasteiger partial charge is 0.374 e. The van der Waals surface area contributed by atoms with Crippen LogP contribution in [0.5, 0.6) is 0 Å². The highest BCUT2D eigenvalue weighted by Gasteiger charge is 2.19. The second kappa shape index (κ2) is 7.29. The molecule has 0 aliphatic rings. The summed E-state index contributed by atoms with van der Waals surface area (Å²) < 4.78 is 25.5. The van der Waals surface area contributed by atoms with Gasteiger partial charge in [0, 0.05) is 22.6 Å². The first-order chi connectivity index (χ1) is 12.4. The maximum atomic E-state index is 13.1. The van der Waals surface area contributed by atoms with Gasteiger partial charge in [-0.05, 0) is 72.2 Å². The minimum atomic E-state index is -0.712. The fourth-order valence-corrected chi connectivity index (χ4v) is 3.04. The Hall–Kier alpha value is -2.67. The van der Waals surface area contributed by atoms with Crippen molar-refractivity contribution in [2.75, 3.05) is 6.61 Å². The van der Waals surface area contributed by atoms with Gasteiger partial charge < -0.3 is 13.7 Å². The monoisotopic (exact) mass is 419 g/mol. The van der Waals surface area contributed by atoms with Crippen LogP contribution in [0.15, 0.2) is 51.6 Å². The number of aromatic nitrogens is 1. The van der Waals surface area contributed by atoms with E-state index in [4.69, 9.17) is 9.15 Å². The third kappa shape index (κ3) is 3.62. The Morgan fingerprint density at radius 3 is 2.46 bits per heavy atom. The average Bonchev–Trinajstić information content (AvgIpc) is 3.17. The summed E-state index contributed by atoms with van der Waals surface area (Å²) in [4.78, 5) is 24.3. The van der Waals surface area contributed by atoms with Crippen molar-refractivity contribution in [1.82, 2.24) is 4.57 Å². The third-order valence-corrected chi connectivity index (χ3v) is 4.35. The molecule has 26 heavy (non-hydrogen) atoms. The normalized spacial score (nSPS) is 10.8. The lowest BCUT2D eigenvalue weighted by atomic mass is 10.1. The molecule has 0 bridgehead atoms. The number of aryl methyl sites for hydroxylation is 1. The minimum absolute atomic E-state index is 0.0152. The second-order valence-corrected chi connectivity index (χ2v) is 6.48. The summed E-state index contributed by atoms with van der Waals surface area (Å²) in [5.41, 5.74) is 2.70. The molecular weight excluding hydrogens is 405 g/mol. The van der Waals surface area contributed by atoms with Crippen LogP contribution in [-0.2, 0) is 4.74 Å². The molecule has 1 aromatic carbocycles. The predicted octanol–water partition coefficient (Wildman–Crippen LogP) is 4.63. The number of halogens is 2. The molecule has 0 unspecified atom stereocenters. The number of Topliss-reactive ketones (excluding diaryl/α,β-unsaturated/α-hetero) is 1. The van der Waals surface area contributed by atoms with Crippen molar-refractivity contribution in [1.29, 1.82) is 0 Å². The van der Waals surface area contributed by atoms with E-state index in [0.717, 1.165) is 11.4 Å². The van der Waals surface area contributed by atoms with Crippen LogP contribution < -0.4 is 0 Å². The van der Waals surface area contributed by atoms with Crippen LogP contribution in [0.25, 0.3) is 5.69 Å². The summed E-state index contributed by atoms with van der Waals surface area (Å²) in [6.07, 6.45) is 0. The second-order valence-electron chi connectivity index (χ2n) is 5.70. The van der Waals surface area contributed by atoms with E-state index in [-0.39, 0.29) is 17.4 Å². The van der Waals surface area contributed by atoms with Gasteiger partial charge in [-0.2, -0.15) is 0 Å². The summed E-state index contributed by atoms with van der Waals surface area (Å²) in [6.45, 7) is 3.24. The minimum Gasteiger partial charge on any atom is -0.451 e. The Kier molecular flexibility index (Phi) is 5.08. The number of ether oxygens (including phenoxy) is 1. The molecule has 134 valence electrons. The molecule has 0 spiro atoms. The van der Waals surface area contributed by atoms with Gasteiger partial charge in [0.2, 0.25) is 11.5 Å². The number of rotatable bonds is 5. The number of ketones is 1. The number of carbonyl (C=O) groups is 2. The lowest BCUT2D eigenvalue weighted by Crippen LogP contribution is -2.14. The van der Waals surface area contributed by atoms with E-state index in [9.17, 15) is 14.0 Å². The number of carbonyl (C=O) groups excluding carboxylic acids is 2. The highest BCUT2D eigenvalue weighted by molar-refractivity contribution is 9.10. The molecule has 2 aromatic heterocycles. The molecule has 0 saturated carbocycles. The van der Waals surface area contributed by atoms with Crippen molar-refractivity contribution in [3.8, 4) is 5.69 Å². The SMILES string of the molecule is Cc1cc(C(=O)COC(=O)c2ccc(Br)o2)c(C)n1-c1ccc(F)cc1. The zero-order valence-corrected chi connectivity index (χ0v) is 15.7. The van der Waals surface area contributed by atoms with E-state index >= 15 is 0 Å². The molecule has 0 radical (unpaired) electrons. The summed E-state index contributed by atoms with van der Waals surface area (Å²) >= 11 is 3.10. The van der Waals surface area contributed by atoms with Crippen LogP contribution in [0.1, 0.15) is 32.3 Å². The lowest BCUT2D eigenvalue weighted by Gasteiger charge is -2.10. The Morgan fingerprint density at radius 2 is 1.85 bits per heavy atom. The van der Waals surface area contributed by atoms with Crippen molar-refractivity contribution < 1.29 is 23.1 Å². The molecule has 3 aromatic rings. The van der Waals surface area contributed by atoms with Crippen molar-refractivity contribution in [3.63, 3.8) is 0 Å². The summed E-state index contributed by atoms with van der Waals surface area (Å²) in [6, 6.07) is 10.7. The largest absolute Gasteiger partial charge is 0.451 e. The number of furan rings is 1. The van der Waals surface area contributed by atoms with Gasteiger partial charge in [0.25, 0.3) is 0 Å². The Balaban J connectivity index is 1.77. The number of esters is 1. The molecular formula is C19H15BrFNO4. The van der Waals surface area contributed by atoms with Crippen LogP contribution in [-0.4, -0.2) is 22.9 Å². The van der Waals surface area contributed by atoms with Gasteiger partial charge in [-0.15, -0.1) is 0 Å². The molecule has 5 nitrogen and oxygen atoms in total. The van der Waals surface area contributed by atoms with Crippen LogP contribution in [0.2, 0.25) is 0 Å². The van der Waals surface area contributed by atoms with E-state index in [1.807, 2.05) is 11.5 Å². The predicted molar refractivity (Wildman–Crippen MR) is 96.2 cm³/mol. The first kappa shape index (κ1) is 18.1. The lowest BCUT2D eigenvalue weighted by molar-refractivity contribution is 0.0442. The Morgan fingerprint density at radius 1 is 1.15 bits per heavy atom. The van der Waals surface area contributed by atoms with Crippen molar-refractivity contribution in [2.24, 2.45) is 0 Å². The summed E-state index contributed by atoms with van der Waals surface area (Å²) in [5.74, 6) is -1.35. The van der Waals surface area contributed by atoms with Gasteiger partial charge in [-0.25, -0.2) is 9.18 Å². The molecule has 7 heteroatoms. The molecule has 0 aliphatic heterocycles. The quantitative estimate of drug-likeness (QED) is 0.446. The van der Waals surface area contributed by atoms with Crippen LogP contribution in [0.3, 0.4) is 0 Å². The highest BCUT2D eigenvalue weighted by atomic mass is 79.9. The fourth-order valence-electron chi connectivity index (χ4n) is 2.74. The third-order valence-electron chi connectivity index (χ3n) is 3.93. The molecule has 0 atom stereocenters. The number of benzene rings is 1. The van der Waals surface area contributed by atoms with Gasteiger partial charge >= 0.3 is 5.97 Å². The van der Waals surface area contributed by atoms with Crippen molar-refractivity contribution in [2.45, 2.75) is 13.8 Å². The molecule has 0 saturated heterocycles. The first-order valence-electron chi connectivity index (χ1n) is 7.77. The zero-order valence-electron chi connectivity index (χ0n) is 14.1. The average molecular weight is 420 g/mol. The number of nitrogens with zero attached hydrogens (tertiary/aromatic N) is 1. The molecule has 2 heterocycles. The molecule has 0 aliphatic carbocycles. The standard InChI is InChI=1S/C19H15BrFNO4/c1-11-9-15(12(2)22(11)14-5-3-13(21)4-6-14)16(23)10-25-19(24)17-7-8-18(20)26-17/h3-9H,10H2,1-2H3. The van der Waals surface area contributed by atoms with E-state index in [0.29, 0.717) is 15.9 Å². The number of hydrogen-bond donors (Lipinski definition) is 0. The molecule has 3 rings (SSSR count). The molecule has 0 amide bonds. The van der Waals surface area contributed by atoms with Crippen molar-refractivity contribution >= 4 is 27.7 Å². The van der Waals surface area contributed by atoms with Crippen LogP contribution >= 0.6 is 15.9 Å². The van der Waals surface area contributed by atoms with Crippen LogP contribution in [0.4, 0.5) is 4.39 Å². The van der Waals surface area contributed by atoms with Gasteiger partial charge in [0.05, 0.1) is 0 Å². The topological polar surface area (TPSA) is 61.4 Å². The van der Waals surface area contributed by atoms with Gasteiger partial charge in [-0.3, -0.25) is 4.79 Å². The molecule has 0 N–H and O–H groups in total. The van der Waals surface area contributed by atoms with Crippen LogP contribution in [0, 0.1) is 19.7 Å². The first-order valence-corrected chi connectivity index (χ1v) is 8.56. The molecule has 0 fully saturated rings. The van der Waals surface area contributed by atoms with Gasteiger partial charge in [0.15, 0.2) is 11.3 Å². The van der Waals surface area contributed by atoms with E-state index in [1.165, 1.54) is 18.2 Å². The van der Waals surface area contributed by atoms with Gasteiger partial charge in [-0.1, -0.05) is 0 Å². The Bertz CT molecular complexity index is 972. The van der Waals surface area contributed by atoms with Crippen molar-refractivity contribution in [3.05, 3.63) is 75.7 Å². The van der Waals surface area contributed by atoms with Gasteiger partial charge in [0.1, 0.15) is 5.82 Å². The summed E-state index contributed by atoms with van der Waals surface area (Å²) in [5, 5.41) is 0. The zero-order chi connectivity index (χ0) is 18.8. The summed E-state index contributed by atoms with van der Waals surface area (Å²) in [7, 11) is 0.